The summed E-state index contributed by atoms with van der Waals surface area (Å²) < 4.78 is 54.2. The summed E-state index contributed by atoms with van der Waals surface area (Å²) in [6.45, 7) is 3.76. The van der Waals surface area contributed by atoms with Crippen molar-refractivity contribution in [2.24, 2.45) is 0 Å². The van der Waals surface area contributed by atoms with E-state index in [1.807, 2.05) is 0 Å². The van der Waals surface area contributed by atoms with Crippen molar-refractivity contribution >= 4 is 22.1 Å². The van der Waals surface area contributed by atoms with Crippen molar-refractivity contribution in [3.63, 3.8) is 0 Å². The molecule has 4 N–H and O–H groups in total. The number of unbranched alkanes of at least 4 members (excludes halogenated alkanes) is 26. The SMILES string of the molecule is CCCCC/C=C/C/C=C/CCCCCCCCCCCC(=O)OC[C@H](CO[C@H]1O[C@H](CS(=O)(=O)O)[C@@H](O)C(O)C1O)OC(=O)CCCCCCCCCCCCCCCCC. The number of rotatable bonds is 42. The lowest BCUT2D eigenvalue weighted by atomic mass is 10.00. The van der Waals surface area contributed by atoms with Crippen molar-refractivity contribution < 1.29 is 56.8 Å². The Morgan fingerprint density at radius 2 is 0.968 bits per heavy atom. The van der Waals surface area contributed by atoms with E-state index in [1.54, 1.807) is 0 Å². The van der Waals surface area contributed by atoms with Gasteiger partial charge in [0.15, 0.2) is 12.4 Å². The number of esters is 2. The number of hydrogen-bond donors (Lipinski definition) is 4. The van der Waals surface area contributed by atoms with Gasteiger partial charge in [0.05, 0.1) is 6.61 Å². The summed E-state index contributed by atoms with van der Waals surface area (Å²) in [5.74, 6) is -1.98. The van der Waals surface area contributed by atoms with Crippen molar-refractivity contribution in [2.45, 2.75) is 256 Å². The zero-order valence-corrected chi connectivity index (χ0v) is 39.8. The molecule has 0 radical (unpaired) electrons. The predicted molar refractivity (Wildman–Crippen MR) is 247 cm³/mol. The largest absolute Gasteiger partial charge is 0.462 e. The molecule has 1 heterocycles. The number of carbonyl (C=O) groups is 2. The Balaban J connectivity index is 2.38. The molecule has 1 saturated heterocycles. The average Bonchev–Trinajstić information content (AvgIpc) is 3.24. The van der Waals surface area contributed by atoms with Gasteiger partial charge in [-0.15, -0.1) is 0 Å². The van der Waals surface area contributed by atoms with E-state index in [4.69, 9.17) is 18.9 Å². The summed E-state index contributed by atoms with van der Waals surface area (Å²) in [4.78, 5) is 25.5. The number of ether oxygens (including phenoxy) is 4. The lowest BCUT2D eigenvalue weighted by Crippen LogP contribution is -2.60. The molecule has 0 bridgehead atoms. The van der Waals surface area contributed by atoms with Crippen LogP contribution in [0.4, 0.5) is 0 Å². The highest BCUT2D eigenvalue weighted by atomic mass is 32.2. The quantitative estimate of drug-likeness (QED) is 0.0197. The predicted octanol–water partition coefficient (Wildman–Crippen LogP) is 10.8. The minimum atomic E-state index is -4.60. The molecule has 0 amide bonds. The van der Waals surface area contributed by atoms with Crippen LogP contribution in [0, 0.1) is 0 Å². The second-order valence-electron chi connectivity index (χ2n) is 17.5. The molecule has 0 aliphatic carbocycles. The van der Waals surface area contributed by atoms with Gasteiger partial charge in [0.25, 0.3) is 10.1 Å². The molecule has 12 nitrogen and oxygen atoms in total. The average molecular weight is 903 g/mol. The maximum atomic E-state index is 12.8. The van der Waals surface area contributed by atoms with Crippen molar-refractivity contribution in [2.75, 3.05) is 19.0 Å². The van der Waals surface area contributed by atoms with Crippen LogP contribution in [-0.4, -0.2) is 96.0 Å². The Bertz CT molecular complexity index is 1240. The van der Waals surface area contributed by atoms with E-state index in [9.17, 15) is 37.9 Å². The van der Waals surface area contributed by atoms with Gasteiger partial charge in [0.1, 0.15) is 36.8 Å². The van der Waals surface area contributed by atoms with Crippen LogP contribution in [0.15, 0.2) is 24.3 Å². The first-order valence-electron chi connectivity index (χ1n) is 24.9. The van der Waals surface area contributed by atoms with E-state index in [-0.39, 0.29) is 19.4 Å². The third-order valence-corrected chi connectivity index (χ3v) is 12.3. The van der Waals surface area contributed by atoms with E-state index < -0.39 is 71.2 Å². The molecular formula is C49H90O12S. The first kappa shape index (κ1) is 58.1. The van der Waals surface area contributed by atoms with Gasteiger partial charge in [-0.25, -0.2) is 0 Å². The van der Waals surface area contributed by atoms with Gasteiger partial charge in [0.2, 0.25) is 0 Å². The van der Waals surface area contributed by atoms with Gasteiger partial charge in [-0.1, -0.05) is 186 Å². The smallest absolute Gasteiger partial charge is 0.306 e. The van der Waals surface area contributed by atoms with E-state index in [0.717, 1.165) is 51.4 Å². The highest BCUT2D eigenvalue weighted by molar-refractivity contribution is 7.85. The number of carbonyl (C=O) groups excluding carboxylic acids is 2. The van der Waals surface area contributed by atoms with Gasteiger partial charge < -0.3 is 34.3 Å². The van der Waals surface area contributed by atoms with Gasteiger partial charge in [-0.05, 0) is 44.9 Å². The second kappa shape index (κ2) is 39.5. The number of allylic oxidation sites excluding steroid dienone is 4. The van der Waals surface area contributed by atoms with Gasteiger partial charge >= 0.3 is 11.9 Å². The molecule has 1 fully saturated rings. The van der Waals surface area contributed by atoms with E-state index in [2.05, 4.69) is 38.2 Å². The second-order valence-corrected chi connectivity index (χ2v) is 19.0. The van der Waals surface area contributed by atoms with E-state index >= 15 is 0 Å². The lowest BCUT2D eigenvalue weighted by molar-refractivity contribution is -0.297. The molecule has 0 aromatic rings. The molecule has 0 aromatic heterocycles. The maximum Gasteiger partial charge on any atom is 0.306 e. The molecular weight excluding hydrogens is 813 g/mol. The minimum absolute atomic E-state index is 0.168. The minimum Gasteiger partial charge on any atom is -0.462 e. The summed E-state index contributed by atoms with van der Waals surface area (Å²) in [6.07, 6.45) is 35.0. The normalized spacial score (nSPS) is 20.0. The van der Waals surface area contributed by atoms with Crippen LogP contribution in [0.5, 0.6) is 0 Å². The Hall–Kier alpha value is -1.87. The first-order chi connectivity index (χ1) is 30.0. The standard InChI is InChI=1S/C49H90O12S/c1-3-5-7-9-11-13-15-17-19-20-21-22-24-25-27-29-31-33-35-37-44(50)58-39-42(40-59-49-48(54)47(53)46(52)43(61-49)41-62(55,56)57)60-45(51)38-36-34-32-30-28-26-23-18-16-14-12-10-8-6-4-2/h11,13,17,19,42-43,46-49,52-54H,3-10,12,14-16,18,20-41H2,1-2H3,(H,55,56,57)/b13-11+,19-17+/t42-,43-,46-,47?,48?,49+/m1/s1. The summed E-state index contributed by atoms with van der Waals surface area (Å²) in [7, 11) is -4.60. The van der Waals surface area contributed by atoms with E-state index in [0.29, 0.717) is 12.8 Å². The van der Waals surface area contributed by atoms with Crippen LogP contribution in [-0.2, 0) is 38.7 Å². The number of aliphatic hydroxyl groups excluding tert-OH is 3. The molecule has 0 saturated carbocycles. The van der Waals surface area contributed by atoms with Crippen LogP contribution in [0.1, 0.15) is 219 Å². The molecule has 62 heavy (non-hydrogen) atoms. The maximum absolute atomic E-state index is 12.8. The summed E-state index contributed by atoms with van der Waals surface area (Å²) in [5.41, 5.74) is 0. The Morgan fingerprint density at radius 3 is 1.45 bits per heavy atom. The van der Waals surface area contributed by atoms with Crippen molar-refractivity contribution in [3.8, 4) is 0 Å². The van der Waals surface area contributed by atoms with Crippen LogP contribution in [0.25, 0.3) is 0 Å². The Morgan fingerprint density at radius 1 is 0.548 bits per heavy atom. The Kier molecular flexibility index (Phi) is 37.0. The van der Waals surface area contributed by atoms with E-state index in [1.165, 1.54) is 128 Å². The third-order valence-electron chi connectivity index (χ3n) is 11.5. The summed E-state index contributed by atoms with van der Waals surface area (Å²) >= 11 is 0. The topological polar surface area (TPSA) is 186 Å². The summed E-state index contributed by atoms with van der Waals surface area (Å²) in [6, 6.07) is 0. The highest BCUT2D eigenvalue weighted by Gasteiger charge is 2.46. The molecule has 0 aromatic carbocycles. The van der Waals surface area contributed by atoms with Gasteiger partial charge in [-0.3, -0.25) is 14.1 Å². The monoisotopic (exact) mass is 903 g/mol. The number of aliphatic hydroxyl groups is 3. The fourth-order valence-corrected chi connectivity index (χ4v) is 8.34. The molecule has 1 aliphatic heterocycles. The van der Waals surface area contributed by atoms with Crippen LogP contribution in [0.3, 0.4) is 0 Å². The van der Waals surface area contributed by atoms with Crippen molar-refractivity contribution in [1.29, 1.82) is 0 Å². The molecule has 364 valence electrons. The fraction of sp³-hybridized carbons (Fsp3) is 0.878. The molecule has 0 spiro atoms. The van der Waals surface area contributed by atoms with Gasteiger partial charge in [0, 0.05) is 12.8 Å². The Labute approximate surface area is 377 Å². The van der Waals surface area contributed by atoms with Crippen molar-refractivity contribution in [1.82, 2.24) is 0 Å². The summed E-state index contributed by atoms with van der Waals surface area (Å²) in [5, 5.41) is 30.9. The fourth-order valence-electron chi connectivity index (χ4n) is 7.65. The zero-order valence-electron chi connectivity index (χ0n) is 39.0. The molecule has 6 atom stereocenters. The molecule has 2 unspecified atom stereocenters. The van der Waals surface area contributed by atoms with Crippen molar-refractivity contribution in [3.05, 3.63) is 24.3 Å². The van der Waals surface area contributed by atoms with Crippen LogP contribution < -0.4 is 0 Å². The third kappa shape index (κ3) is 33.6. The number of hydrogen-bond acceptors (Lipinski definition) is 11. The van der Waals surface area contributed by atoms with Gasteiger partial charge in [-0.2, -0.15) is 8.42 Å². The zero-order chi connectivity index (χ0) is 45.5. The van der Waals surface area contributed by atoms with Crippen LogP contribution in [0.2, 0.25) is 0 Å². The lowest BCUT2D eigenvalue weighted by Gasteiger charge is -2.40. The molecule has 1 aliphatic rings. The first-order valence-corrected chi connectivity index (χ1v) is 26.5. The van der Waals surface area contributed by atoms with Crippen LogP contribution >= 0.6 is 0 Å². The molecule has 1 rings (SSSR count). The molecule has 13 heteroatoms. The highest BCUT2D eigenvalue weighted by Crippen LogP contribution is 2.24.